The standard InChI is InChI=1S/C28H23O5P/c1-31-25-12-6-9-20(28(25)30)17-32-34-33-24-16-14-19-8-3-5-11-22(19)27(24)26-21-10-4-2-7-18(21)13-15-23(26)29/h2-16,29-30,34H,17H2,1H3. The first kappa shape index (κ1) is 22.0. The minimum absolute atomic E-state index is 0.0573. The minimum atomic E-state index is -0.318. The van der Waals surface area contributed by atoms with E-state index in [2.05, 4.69) is 0 Å². The molecule has 2 N–H and O–H groups in total. The highest BCUT2D eigenvalue weighted by Crippen LogP contribution is 2.46. The van der Waals surface area contributed by atoms with Crippen LogP contribution in [0, 0.1) is 0 Å². The molecule has 0 radical (unpaired) electrons. The van der Waals surface area contributed by atoms with Crippen molar-refractivity contribution >= 4 is 30.6 Å². The number of para-hydroxylation sites is 1. The van der Waals surface area contributed by atoms with Gasteiger partial charge in [-0.2, -0.15) is 0 Å². The Labute approximate surface area is 199 Å². The molecular formula is C28H23O5P. The van der Waals surface area contributed by atoms with Crippen LogP contribution in [0.15, 0.2) is 91.0 Å². The molecule has 0 bridgehead atoms. The lowest BCUT2D eigenvalue weighted by atomic mass is 9.92. The summed E-state index contributed by atoms with van der Waals surface area (Å²) in [5.41, 5.74) is 2.15. The smallest absolute Gasteiger partial charge is 0.215 e. The average Bonchev–Trinajstić information content (AvgIpc) is 2.87. The van der Waals surface area contributed by atoms with E-state index in [1.165, 1.54) is 7.11 Å². The zero-order valence-electron chi connectivity index (χ0n) is 18.5. The Kier molecular flexibility index (Phi) is 6.22. The quantitative estimate of drug-likeness (QED) is 0.195. The molecule has 5 aromatic rings. The van der Waals surface area contributed by atoms with E-state index in [4.69, 9.17) is 13.8 Å². The molecule has 0 saturated carbocycles. The van der Waals surface area contributed by atoms with Gasteiger partial charge in [-0.1, -0.05) is 72.8 Å². The fourth-order valence-corrected chi connectivity index (χ4v) is 4.68. The molecule has 5 nitrogen and oxygen atoms in total. The van der Waals surface area contributed by atoms with Crippen LogP contribution in [-0.2, 0) is 11.1 Å². The maximum Gasteiger partial charge on any atom is 0.215 e. The molecule has 0 spiro atoms. The van der Waals surface area contributed by atoms with Crippen molar-refractivity contribution in [2.24, 2.45) is 0 Å². The first-order chi connectivity index (χ1) is 16.7. The van der Waals surface area contributed by atoms with Gasteiger partial charge in [-0.25, -0.2) is 0 Å². The molecule has 5 aromatic carbocycles. The summed E-state index contributed by atoms with van der Waals surface area (Å²) in [6, 6.07) is 28.8. The van der Waals surface area contributed by atoms with Crippen LogP contribution < -0.4 is 9.26 Å². The first-order valence-electron chi connectivity index (χ1n) is 10.8. The highest BCUT2D eigenvalue weighted by molar-refractivity contribution is 7.26. The number of phenols is 2. The monoisotopic (exact) mass is 470 g/mol. The number of hydrogen-bond donors (Lipinski definition) is 2. The van der Waals surface area contributed by atoms with E-state index in [9.17, 15) is 10.2 Å². The summed E-state index contributed by atoms with van der Waals surface area (Å²) in [5.74, 6) is 1.25. The van der Waals surface area contributed by atoms with Crippen molar-refractivity contribution in [2.75, 3.05) is 7.11 Å². The van der Waals surface area contributed by atoms with Crippen molar-refractivity contribution in [3.63, 3.8) is 0 Å². The fourth-order valence-electron chi connectivity index (χ4n) is 4.15. The predicted octanol–water partition coefficient (Wildman–Crippen LogP) is 7.18. The number of hydrogen-bond acceptors (Lipinski definition) is 5. The fraction of sp³-hybridized carbons (Fsp3) is 0.0714. The summed E-state index contributed by atoms with van der Waals surface area (Å²) in [7, 11) is 1.19. The second-order valence-corrected chi connectivity index (χ2v) is 8.44. The maximum atomic E-state index is 10.9. The molecule has 34 heavy (non-hydrogen) atoms. The van der Waals surface area contributed by atoms with Gasteiger partial charge in [0.1, 0.15) is 11.5 Å². The first-order valence-corrected chi connectivity index (χ1v) is 11.6. The van der Waals surface area contributed by atoms with Gasteiger partial charge in [-0.15, -0.1) is 0 Å². The topological polar surface area (TPSA) is 68.2 Å². The zero-order chi connectivity index (χ0) is 23.5. The Balaban J connectivity index is 1.50. The molecule has 0 aliphatic heterocycles. The van der Waals surface area contributed by atoms with Gasteiger partial charge in [0, 0.05) is 16.7 Å². The van der Waals surface area contributed by atoms with Gasteiger partial charge < -0.3 is 24.0 Å². The van der Waals surface area contributed by atoms with E-state index in [1.807, 2.05) is 66.7 Å². The summed E-state index contributed by atoms with van der Waals surface area (Å²) >= 11 is 0. The second-order valence-electron chi connectivity index (χ2n) is 7.78. The van der Waals surface area contributed by atoms with Crippen molar-refractivity contribution in [3.8, 4) is 34.1 Å². The molecule has 0 saturated heterocycles. The number of methoxy groups -OCH3 is 1. The van der Waals surface area contributed by atoms with E-state index < -0.39 is 0 Å². The normalized spacial score (nSPS) is 11.4. The third-order valence-electron chi connectivity index (χ3n) is 5.79. The largest absolute Gasteiger partial charge is 0.507 e. The van der Waals surface area contributed by atoms with E-state index in [-0.39, 0.29) is 27.1 Å². The number of benzene rings is 5. The van der Waals surface area contributed by atoms with Gasteiger partial charge in [0.2, 0.25) is 9.03 Å². The van der Waals surface area contributed by atoms with Gasteiger partial charge in [0.15, 0.2) is 11.5 Å². The van der Waals surface area contributed by atoms with E-state index in [0.717, 1.165) is 32.7 Å². The summed E-state index contributed by atoms with van der Waals surface area (Å²) in [6.07, 6.45) is 0. The molecule has 0 aliphatic carbocycles. The Morgan fingerprint density at radius 1 is 0.676 bits per heavy atom. The number of phenolic OH excluding ortho intramolecular Hbond substituents is 2. The Hall–Kier alpha value is -3.79. The van der Waals surface area contributed by atoms with Gasteiger partial charge >= 0.3 is 0 Å². The van der Waals surface area contributed by atoms with Crippen LogP contribution in [0.3, 0.4) is 0 Å². The number of fused-ring (bicyclic) bond motifs is 2. The van der Waals surface area contributed by atoms with Crippen molar-refractivity contribution in [1.29, 1.82) is 0 Å². The summed E-state index contributed by atoms with van der Waals surface area (Å²) in [6.45, 7) is 0.171. The predicted molar refractivity (Wildman–Crippen MR) is 137 cm³/mol. The van der Waals surface area contributed by atoms with E-state index >= 15 is 0 Å². The minimum Gasteiger partial charge on any atom is -0.507 e. The molecule has 6 heteroatoms. The molecule has 0 amide bonds. The lowest BCUT2D eigenvalue weighted by molar-refractivity contribution is 0.306. The molecule has 0 aromatic heterocycles. The molecule has 0 heterocycles. The van der Waals surface area contributed by atoms with Gasteiger partial charge in [0.25, 0.3) is 0 Å². The number of aromatic hydroxyl groups is 2. The lowest BCUT2D eigenvalue weighted by Crippen LogP contribution is -1.93. The molecule has 170 valence electrons. The third-order valence-corrected chi connectivity index (χ3v) is 6.35. The highest BCUT2D eigenvalue weighted by Gasteiger charge is 2.18. The average molecular weight is 470 g/mol. The van der Waals surface area contributed by atoms with Gasteiger partial charge in [-0.05, 0) is 39.7 Å². The Morgan fingerprint density at radius 3 is 2.09 bits per heavy atom. The molecule has 0 aliphatic rings. The van der Waals surface area contributed by atoms with Crippen LogP contribution in [0.2, 0.25) is 0 Å². The van der Waals surface area contributed by atoms with Crippen LogP contribution >= 0.6 is 9.03 Å². The summed E-state index contributed by atoms with van der Waals surface area (Å²) < 4.78 is 17.0. The number of ether oxygens (including phenoxy) is 1. The van der Waals surface area contributed by atoms with Crippen molar-refractivity contribution in [3.05, 3.63) is 96.6 Å². The van der Waals surface area contributed by atoms with Crippen molar-refractivity contribution in [2.45, 2.75) is 6.61 Å². The zero-order valence-corrected chi connectivity index (χ0v) is 19.5. The van der Waals surface area contributed by atoms with Gasteiger partial charge in [0.05, 0.1) is 13.7 Å². The lowest BCUT2D eigenvalue weighted by Gasteiger charge is -2.17. The van der Waals surface area contributed by atoms with Gasteiger partial charge in [-0.3, -0.25) is 0 Å². The van der Waals surface area contributed by atoms with Crippen LogP contribution in [0.25, 0.3) is 32.7 Å². The SMILES string of the molecule is COc1cccc(COPOc2ccc3ccccc3c2-c2c(O)ccc3ccccc23)c1O. The van der Waals surface area contributed by atoms with Crippen LogP contribution in [0.5, 0.6) is 23.0 Å². The van der Waals surface area contributed by atoms with E-state index in [0.29, 0.717) is 17.1 Å². The maximum absolute atomic E-state index is 10.9. The van der Waals surface area contributed by atoms with Crippen LogP contribution in [0.1, 0.15) is 5.56 Å². The van der Waals surface area contributed by atoms with Crippen LogP contribution in [-0.4, -0.2) is 17.3 Å². The molecular weight excluding hydrogens is 447 g/mol. The summed E-state index contributed by atoms with van der Waals surface area (Å²) in [5, 5.41) is 25.2. The number of rotatable bonds is 7. The second kappa shape index (κ2) is 9.60. The summed E-state index contributed by atoms with van der Waals surface area (Å²) in [4.78, 5) is 0. The molecule has 0 fully saturated rings. The van der Waals surface area contributed by atoms with Crippen LogP contribution in [0.4, 0.5) is 0 Å². The third kappa shape index (κ3) is 4.12. The Bertz CT molecular complexity index is 1480. The van der Waals surface area contributed by atoms with Crippen molar-refractivity contribution in [1.82, 2.24) is 0 Å². The molecule has 1 atom stereocenters. The molecule has 5 rings (SSSR count). The van der Waals surface area contributed by atoms with Crippen molar-refractivity contribution < 1.29 is 24.0 Å². The van der Waals surface area contributed by atoms with E-state index in [1.54, 1.807) is 24.3 Å². The Morgan fingerprint density at radius 2 is 1.35 bits per heavy atom. The molecule has 1 unspecified atom stereocenters. The highest BCUT2D eigenvalue weighted by atomic mass is 31.1.